The van der Waals surface area contributed by atoms with Gasteiger partial charge in [0.2, 0.25) is 0 Å². The number of carbonyl (C=O) groups excluding carboxylic acids is 1. The molecule has 6 heteroatoms. The van der Waals surface area contributed by atoms with Gasteiger partial charge in [-0.05, 0) is 24.3 Å². The normalized spacial score (nSPS) is 21.9. The molecule has 0 radical (unpaired) electrons. The van der Waals surface area contributed by atoms with Gasteiger partial charge in [0, 0.05) is 49.4 Å². The van der Waals surface area contributed by atoms with Crippen LogP contribution in [0.25, 0.3) is 0 Å². The Labute approximate surface area is 139 Å². The lowest BCUT2D eigenvalue weighted by Crippen LogP contribution is -2.60. The van der Waals surface area contributed by atoms with Gasteiger partial charge < -0.3 is 9.64 Å². The number of nitrogens with zero attached hydrogens (tertiary/aromatic N) is 3. The Bertz CT molecular complexity index is 689. The zero-order chi connectivity index (χ0) is 15.7. The van der Waals surface area contributed by atoms with Crippen molar-refractivity contribution in [2.75, 3.05) is 18.8 Å². The highest BCUT2D eigenvalue weighted by atomic mass is 32.2. The Morgan fingerprint density at radius 1 is 1.22 bits per heavy atom. The van der Waals surface area contributed by atoms with Crippen molar-refractivity contribution in [3.8, 4) is 5.75 Å². The van der Waals surface area contributed by atoms with E-state index in [-0.39, 0.29) is 16.8 Å². The Hall–Kier alpha value is -2.08. The van der Waals surface area contributed by atoms with Gasteiger partial charge in [0.1, 0.15) is 11.9 Å². The smallest absolute Gasteiger partial charge is 0.254 e. The molecule has 4 heterocycles. The van der Waals surface area contributed by atoms with Crippen molar-refractivity contribution in [3.05, 3.63) is 54.6 Å². The molecule has 5 nitrogen and oxygen atoms in total. The average Bonchev–Trinajstić information content (AvgIpc) is 2.99. The number of carbonyl (C=O) groups is 1. The predicted octanol–water partition coefficient (Wildman–Crippen LogP) is 2.26. The summed E-state index contributed by atoms with van der Waals surface area (Å²) < 4.78 is 6.15. The lowest BCUT2D eigenvalue weighted by molar-refractivity contribution is 0.0518. The second-order valence-electron chi connectivity index (χ2n) is 6.02. The molecule has 2 fully saturated rings. The van der Waals surface area contributed by atoms with Crippen LogP contribution < -0.4 is 4.74 Å². The number of likely N-dealkylation sites (tertiary alicyclic amines) is 1. The van der Waals surface area contributed by atoms with Crippen LogP contribution in [0.4, 0.5) is 0 Å². The molecule has 2 aromatic rings. The van der Waals surface area contributed by atoms with Crippen molar-refractivity contribution in [3.63, 3.8) is 0 Å². The standard InChI is InChI=1S/C17H17N3O2S/c21-16(13-3-6-18-7-4-13)20-11-17(12-20)8-15(10-23-17)22-14-2-1-5-19-9-14/h1-7,9,15H,8,10-12H2. The highest BCUT2D eigenvalue weighted by Crippen LogP contribution is 2.46. The summed E-state index contributed by atoms with van der Waals surface area (Å²) in [6, 6.07) is 7.35. The van der Waals surface area contributed by atoms with Gasteiger partial charge in [-0.3, -0.25) is 14.8 Å². The third-order valence-electron chi connectivity index (χ3n) is 4.28. The van der Waals surface area contributed by atoms with Crippen molar-refractivity contribution in [1.29, 1.82) is 0 Å². The minimum atomic E-state index is 0.0928. The molecular formula is C17H17N3O2S. The number of hydrogen-bond acceptors (Lipinski definition) is 5. The molecule has 118 valence electrons. The van der Waals surface area contributed by atoms with Crippen molar-refractivity contribution < 1.29 is 9.53 Å². The van der Waals surface area contributed by atoms with E-state index in [1.54, 1.807) is 36.9 Å². The van der Waals surface area contributed by atoms with E-state index in [9.17, 15) is 4.79 Å². The monoisotopic (exact) mass is 327 g/mol. The van der Waals surface area contributed by atoms with Gasteiger partial charge in [-0.15, -0.1) is 11.8 Å². The number of pyridine rings is 2. The first-order valence-corrected chi connectivity index (χ1v) is 8.63. The van der Waals surface area contributed by atoms with Gasteiger partial charge in [0.15, 0.2) is 0 Å². The second kappa shape index (κ2) is 5.85. The molecule has 0 bridgehead atoms. The zero-order valence-corrected chi connectivity index (χ0v) is 13.4. The lowest BCUT2D eigenvalue weighted by atomic mass is 9.92. The van der Waals surface area contributed by atoms with Gasteiger partial charge in [0.05, 0.1) is 10.9 Å². The maximum absolute atomic E-state index is 12.4. The SMILES string of the molecule is O=C(c1ccncc1)N1CC2(CC(Oc3cccnc3)CS2)C1. The average molecular weight is 327 g/mol. The zero-order valence-electron chi connectivity index (χ0n) is 12.6. The lowest BCUT2D eigenvalue weighted by Gasteiger charge is -2.47. The van der Waals surface area contributed by atoms with E-state index in [2.05, 4.69) is 9.97 Å². The third kappa shape index (κ3) is 2.91. The molecule has 2 aliphatic rings. The quantitative estimate of drug-likeness (QED) is 0.865. The predicted molar refractivity (Wildman–Crippen MR) is 88.6 cm³/mol. The summed E-state index contributed by atoms with van der Waals surface area (Å²) in [5.74, 6) is 1.88. The van der Waals surface area contributed by atoms with E-state index in [0.29, 0.717) is 5.56 Å². The van der Waals surface area contributed by atoms with E-state index in [1.807, 2.05) is 28.8 Å². The largest absolute Gasteiger partial charge is 0.488 e. The Morgan fingerprint density at radius 2 is 2.04 bits per heavy atom. The number of thioether (sulfide) groups is 1. The van der Waals surface area contributed by atoms with Crippen LogP contribution in [-0.2, 0) is 0 Å². The van der Waals surface area contributed by atoms with Crippen LogP contribution in [0, 0.1) is 0 Å². The number of aromatic nitrogens is 2. The molecular weight excluding hydrogens is 310 g/mol. The van der Waals surface area contributed by atoms with E-state index in [1.165, 1.54) is 0 Å². The van der Waals surface area contributed by atoms with Crippen molar-refractivity contribution in [2.45, 2.75) is 17.3 Å². The fourth-order valence-corrected chi connectivity index (χ4v) is 4.70. The Balaban J connectivity index is 1.34. The van der Waals surface area contributed by atoms with Gasteiger partial charge in [0.25, 0.3) is 5.91 Å². The molecule has 0 N–H and O–H groups in total. The topological polar surface area (TPSA) is 55.3 Å². The molecule has 4 rings (SSSR count). The Morgan fingerprint density at radius 3 is 2.78 bits per heavy atom. The van der Waals surface area contributed by atoms with Gasteiger partial charge in [-0.25, -0.2) is 0 Å². The first-order chi connectivity index (χ1) is 11.2. The molecule has 2 aromatic heterocycles. The van der Waals surface area contributed by atoms with Gasteiger partial charge in [-0.1, -0.05) is 0 Å². The minimum Gasteiger partial charge on any atom is -0.488 e. The first-order valence-electron chi connectivity index (χ1n) is 7.64. The van der Waals surface area contributed by atoms with Crippen LogP contribution in [0.15, 0.2) is 49.1 Å². The van der Waals surface area contributed by atoms with E-state index in [0.717, 1.165) is 31.0 Å². The summed E-state index contributed by atoms with van der Waals surface area (Å²) in [4.78, 5) is 22.3. The van der Waals surface area contributed by atoms with Crippen molar-refractivity contribution in [1.82, 2.24) is 14.9 Å². The van der Waals surface area contributed by atoms with Crippen LogP contribution in [0.3, 0.4) is 0 Å². The number of ether oxygens (including phenoxy) is 1. The maximum Gasteiger partial charge on any atom is 0.254 e. The van der Waals surface area contributed by atoms with Gasteiger partial charge >= 0.3 is 0 Å². The highest BCUT2D eigenvalue weighted by Gasteiger charge is 2.51. The summed E-state index contributed by atoms with van der Waals surface area (Å²) in [5, 5.41) is 0. The molecule has 0 aromatic carbocycles. The van der Waals surface area contributed by atoms with E-state index < -0.39 is 0 Å². The number of rotatable bonds is 3. The van der Waals surface area contributed by atoms with Crippen LogP contribution in [0.2, 0.25) is 0 Å². The highest BCUT2D eigenvalue weighted by molar-refractivity contribution is 8.01. The molecule has 23 heavy (non-hydrogen) atoms. The van der Waals surface area contributed by atoms with Crippen LogP contribution in [0.1, 0.15) is 16.8 Å². The summed E-state index contributed by atoms with van der Waals surface area (Å²) in [5.41, 5.74) is 0.709. The maximum atomic E-state index is 12.4. The molecule has 2 aliphatic heterocycles. The van der Waals surface area contributed by atoms with Gasteiger partial charge in [-0.2, -0.15) is 0 Å². The van der Waals surface area contributed by atoms with Crippen LogP contribution >= 0.6 is 11.8 Å². The summed E-state index contributed by atoms with van der Waals surface area (Å²) in [6.45, 7) is 1.59. The first kappa shape index (κ1) is 14.5. The molecule has 0 saturated carbocycles. The molecule has 1 amide bonds. The van der Waals surface area contributed by atoms with Crippen molar-refractivity contribution >= 4 is 17.7 Å². The minimum absolute atomic E-state index is 0.0928. The molecule has 2 saturated heterocycles. The van der Waals surface area contributed by atoms with E-state index >= 15 is 0 Å². The van der Waals surface area contributed by atoms with Crippen LogP contribution in [0.5, 0.6) is 5.75 Å². The molecule has 1 atom stereocenters. The number of hydrogen-bond donors (Lipinski definition) is 0. The van der Waals surface area contributed by atoms with Crippen LogP contribution in [-0.4, -0.2) is 50.5 Å². The second-order valence-corrected chi connectivity index (χ2v) is 7.51. The third-order valence-corrected chi connectivity index (χ3v) is 5.86. The molecule has 1 spiro atoms. The summed E-state index contributed by atoms with van der Waals surface area (Å²) in [6.07, 6.45) is 7.98. The summed E-state index contributed by atoms with van der Waals surface area (Å²) >= 11 is 1.92. The summed E-state index contributed by atoms with van der Waals surface area (Å²) in [7, 11) is 0. The Kier molecular flexibility index (Phi) is 3.69. The fraction of sp³-hybridized carbons (Fsp3) is 0.353. The molecule has 1 unspecified atom stereocenters. The molecule has 0 aliphatic carbocycles. The van der Waals surface area contributed by atoms with E-state index in [4.69, 9.17) is 4.74 Å². The number of amides is 1. The fourth-order valence-electron chi connectivity index (χ4n) is 3.18. The van der Waals surface area contributed by atoms with Crippen molar-refractivity contribution in [2.24, 2.45) is 0 Å².